The molecule has 9 unspecified atom stereocenters. The standard InChI is InChI=1S/C56H77BrN16O28P4S4/c1-27-14-42(69-7-4-40(58)63-53(69)79)94-36(27)22-92-105(109,88-13-12-87-11-10-86-9-6-61-29(3)75)101-34-18-44(71-19-28(2)49(76)67-55(71)81)96-39(34)25-91-104(85,108)100-33-17-46(73-26-62-47-48(73)65-52(60)66-51(47)78)97-38(33)24-90-103(84,107)99-32-16-43(70-8-5-41(59)64-54(70)80)95-37(32)23-89-102(83,106)98-31-15-45(93-35(31)21-74)72-20-30(57)50(77)68-56(72)82/h4-5,7-8,19-20,26-27,31-39,42-46,74H,6,9-18,21-25H2,1-3H3,(H,61,75)(H,83,106)(H,84,107)(H,85,108)(H2,58,63,79)(H2,59,64,80)(H,67,76,81)(H,68,77,82)(H3,60,65,66,78)/t27-,31-,32-,33-,34-,35?,36?,37?,38?,39?,42-,43-,44-,45-,46-,102?,103?,104?,105?/m1/s1. The number of rotatable bonds is 36. The highest BCUT2D eigenvalue weighted by atomic mass is 79.9. The summed E-state index contributed by atoms with van der Waals surface area (Å²) in [4.78, 5) is 148. The summed E-state index contributed by atoms with van der Waals surface area (Å²) in [6, 6.07) is 2.75. The lowest BCUT2D eigenvalue weighted by Crippen LogP contribution is -2.33. The van der Waals surface area contributed by atoms with Gasteiger partial charge < -0.3 is 102 Å². The van der Waals surface area contributed by atoms with Gasteiger partial charge in [-0.15, -0.1) is 0 Å². The highest BCUT2D eigenvalue weighted by Crippen LogP contribution is 2.59. The zero-order valence-corrected chi connectivity index (χ0v) is 66.2. The summed E-state index contributed by atoms with van der Waals surface area (Å²) in [5.41, 5.74) is 12.1. The van der Waals surface area contributed by atoms with Crippen molar-refractivity contribution in [3.05, 3.63) is 126 Å². The SMILES string of the molecule is CC(=O)NCCOCCOCCOP(=S)(OCC1O[C@@H](n2ccc(N)nc2=O)C[C@H]1C)O[C@@H]1C[C@H](n2cc(C)c(=O)[nH]c2=O)OC1COP(O)(=S)O[C@@H]1C[C@H](n2cnc3c(=O)[nH]c(N)nc32)OC1COP(=O)(S)O[C@@H]1C[C@H](n2ccc(N)nc2=O)OC1COP(O)(=S)O[C@@H]1C[C@H](n2cc(Br)c(=O)[nH]c2=O)OC1CO. The topological polar surface area (TPSA) is 576 Å². The lowest BCUT2D eigenvalue weighted by Gasteiger charge is -2.29. The maximum Gasteiger partial charge on any atom is 0.386 e. The molecule has 109 heavy (non-hydrogen) atoms. The first kappa shape index (κ1) is 84.5. The van der Waals surface area contributed by atoms with Crippen molar-refractivity contribution in [3.8, 4) is 0 Å². The molecule has 0 saturated carbocycles. The Bertz CT molecular complexity index is 4920. The Morgan fingerprint density at radius 1 is 0.615 bits per heavy atom. The molecule has 5 saturated heterocycles. The number of aromatic amines is 3. The number of nitrogen functional groups attached to an aromatic ring is 3. The van der Waals surface area contributed by atoms with Crippen LogP contribution in [-0.2, 0) is 119 Å². The number of imidazole rings is 1. The molecule has 6 aromatic rings. The van der Waals surface area contributed by atoms with Crippen molar-refractivity contribution in [3.63, 3.8) is 0 Å². The molecule has 53 heteroatoms. The number of carbonyl (C=O) groups is 1. The number of amides is 1. The van der Waals surface area contributed by atoms with Gasteiger partial charge in [0, 0.05) is 69.5 Å². The summed E-state index contributed by atoms with van der Waals surface area (Å²) in [7, 11) is 0. The van der Waals surface area contributed by atoms with E-state index in [1.807, 2.05) is 6.92 Å². The van der Waals surface area contributed by atoms with Gasteiger partial charge in [-0.1, -0.05) is 19.2 Å². The number of hydrogen-bond acceptors (Lipinski definition) is 36. The summed E-state index contributed by atoms with van der Waals surface area (Å²) < 4.78 is 118. The van der Waals surface area contributed by atoms with E-state index in [9.17, 15) is 57.8 Å². The molecule has 6 aromatic heterocycles. The number of nitrogens with one attached hydrogen (secondary N) is 4. The second-order valence-electron chi connectivity index (χ2n) is 25.1. The summed E-state index contributed by atoms with van der Waals surface area (Å²) in [5, 5.41) is 12.8. The fourth-order valence-corrected chi connectivity index (χ4v) is 19.0. The lowest BCUT2D eigenvalue weighted by molar-refractivity contribution is -0.119. The van der Waals surface area contributed by atoms with Crippen LogP contribution in [0.2, 0.25) is 0 Å². The number of halogens is 1. The van der Waals surface area contributed by atoms with Crippen LogP contribution in [0.5, 0.6) is 0 Å². The van der Waals surface area contributed by atoms with Crippen LogP contribution in [0, 0.1) is 12.8 Å². The number of H-pyrrole nitrogens is 3. The van der Waals surface area contributed by atoms with E-state index in [1.54, 1.807) is 0 Å². The number of fused-ring (bicyclic) bond motifs is 1. The third-order valence-corrected chi connectivity index (χ3v) is 25.1. The molecule has 19 atom stereocenters. The van der Waals surface area contributed by atoms with Crippen molar-refractivity contribution in [2.45, 2.75) is 139 Å². The molecule has 0 spiro atoms. The molecular formula is C56H77BrN16O28P4S4. The first-order chi connectivity index (χ1) is 51.6. The van der Waals surface area contributed by atoms with E-state index in [2.05, 4.69) is 68.4 Å². The first-order valence-corrected chi connectivity index (χ1v) is 44.4. The van der Waals surface area contributed by atoms with E-state index in [-0.39, 0.29) is 122 Å². The van der Waals surface area contributed by atoms with Crippen LogP contribution in [0.25, 0.3) is 11.2 Å². The molecule has 11 heterocycles. The molecule has 13 N–H and O–H groups in total. The summed E-state index contributed by atoms with van der Waals surface area (Å²) >= 11 is 24.5. The monoisotopic (exact) mass is 1750 g/mol. The number of ether oxygens (including phenoxy) is 7. The summed E-state index contributed by atoms with van der Waals surface area (Å²) in [5.74, 6) is -0.863. The zero-order valence-electron chi connectivity index (χ0n) is 57.7. The van der Waals surface area contributed by atoms with Crippen molar-refractivity contribution in [2.75, 3.05) is 89.8 Å². The third kappa shape index (κ3) is 21.9. The Labute approximate surface area is 643 Å². The maximum atomic E-state index is 14.7. The van der Waals surface area contributed by atoms with Gasteiger partial charge in [0.15, 0.2) is 11.2 Å². The van der Waals surface area contributed by atoms with E-state index in [0.717, 1.165) is 13.7 Å². The predicted molar refractivity (Wildman–Crippen MR) is 396 cm³/mol. The van der Waals surface area contributed by atoms with Crippen molar-refractivity contribution < 1.29 is 98.1 Å². The van der Waals surface area contributed by atoms with Crippen LogP contribution < -0.4 is 62.0 Å². The number of hydrogen-bond donors (Lipinski definition) is 11. The van der Waals surface area contributed by atoms with Gasteiger partial charge in [0.2, 0.25) is 11.9 Å². The largest absolute Gasteiger partial charge is 0.394 e. The van der Waals surface area contributed by atoms with E-state index in [0.29, 0.717) is 6.42 Å². The highest BCUT2D eigenvalue weighted by molar-refractivity contribution is 9.10. The average Bonchev–Trinajstić information content (AvgIpc) is 1.63. The smallest absolute Gasteiger partial charge is 0.386 e. The number of thiol groups is 1. The van der Waals surface area contributed by atoms with Crippen LogP contribution in [0.1, 0.15) is 82.7 Å². The van der Waals surface area contributed by atoms with Gasteiger partial charge in [0.05, 0.1) is 101 Å². The van der Waals surface area contributed by atoms with Gasteiger partial charge in [-0.3, -0.25) is 66.0 Å². The maximum absolute atomic E-state index is 14.7. The van der Waals surface area contributed by atoms with Gasteiger partial charge in [0.1, 0.15) is 73.3 Å². The molecule has 44 nitrogen and oxygen atoms in total. The highest BCUT2D eigenvalue weighted by Gasteiger charge is 2.49. The average molecular weight is 1750 g/mol. The zero-order chi connectivity index (χ0) is 78.4. The van der Waals surface area contributed by atoms with Gasteiger partial charge in [0.25, 0.3) is 16.7 Å². The second-order valence-corrected chi connectivity index (χ2v) is 37.4. The fraction of sp³-hybridized carbons (Fsp3) is 0.607. The first-order valence-electron chi connectivity index (χ1n) is 33.2. The number of nitrogens with two attached hydrogens (primary N) is 3. The minimum absolute atomic E-state index is 0.0122. The van der Waals surface area contributed by atoms with E-state index in [1.165, 1.54) is 66.2 Å². The van der Waals surface area contributed by atoms with Crippen LogP contribution in [0.3, 0.4) is 0 Å². The molecule has 0 radical (unpaired) electrons. The number of nitrogens with zero attached hydrogens (tertiary/aromatic N) is 9. The molecule has 0 bridgehead atoms. The van der Waals surface area contributed by atoms with Gasteiger partial charge in [-0.05, 0) is 82.7 Å². The number of aromatic nitrogens is 12. The molecule has 5 fully saturated rings. The lowest BCUT2D eigenvalue weighted by atomic mass is 10.0. The van der Waals surface area contributed by atoms with Crippen molar-refractivity contribution >= 4 is 125 Å². The number of aliphatic hydroxyl groups excluding tert-OH is 1. The normalized spacial score (nSPS) is 27.9. The van der Waals surface area contributed by atoms with Gasteiger partial charge >= 0.3 is 49.7 Å². The molecule has 5 aliphatic heterocycles. The van der Waals surface area contributed by atoms with Crippen molar-refractivity contribution in [1.29, 1.82) is 0 Å². The molecule has 0 aliphatic carbocycles. The molecule has 5 aliphatic rings. The van der Waals surface area contributed by atoms with Crippen LogP contribution in [0.15, 0.2) is 81.3 Å². The summed E-state index contributed by atoms with van der Waals surface area (Å²) in [6.45, 7) is -15.6. The third-order valence-electron chi connectivity index (χ3n) is 17.4. The Hall–Kier alpha value is -5.41. The Morgan fingerprint density at radius 3 is 1.67 bits per heavy atom. The van der Waals surface area contributed by atoms with Crippen molar-refractivity contribution in [1.82, 2.24) is 63.0 Å². The van der Waals surface area contributed by atoms with Gasteiger partial charge in [-0.25, -0.2) is 28.7 Å². The quantitative estimate of drug-likeness (QED) is 0.0141. The van der Waals surface area contributed by atoms with Crippen LogP contribution >= 0.6 is 55.1 Å². The van der Waals surface area contributed by atoms with E-state index < -0.39 is 179 Å². The predicted octanol–water partition coefficient (Wildman–Crippen LogP) is 0.106. The molecular weight excluding hydrogens is 1680 g/mol. The van der Waals surface area contributed by atoms with E-state index >= 15 is 0 Å². The van der Waals surface area contributed by atoms with Crippen LogP contribution in [0.4, 0.5) is 17.6 Å². The molecule has 1 amide bonds. The Morgan fingerprint density at radius 2 is 1.09 bits per heavy atom. The summed E-state index contributed by atoms with van der Waals surface area (Å²) in [6.07, 6.45) is -11.1. The number of aryl methyl sites for hydroxylation is 1. The Kier molecular flexibility index (Phi) is 28.2. The number of aliphatic hydroxyl groups is 1. The molecule has 11 rings (SSSR count). The second kappa shape index (κ2) is 36.4. The molecule has 600 valence electrons. The van der Waals surface area contributed by atoms with E-state index in [4.69, 9.17) is 126 Å². The minimum atomic E-state index is -4.73. The Balaban J connectivity index is 0.805. The number of anilines is 3. The van der Waals surface area contributed by atoms with Crippen LogP contribution in [-0.4, -0.2) is 206 Å². The van der Waals surface area contributed by atoms with Gasteiger partial charge in [-0.2, -0.15) is 15.0 Å². The fourth-order valence-electron chi connectivity index (χ4n) is 12.1. The minimum Gasteiger partial charge on any atom is -0.394 e. The molecule has 0 aromatic carbocycles. The van der Waals surface area contributed by atoms with Crippen molar-refractivity contribution in [2.24, 2.45) is 5.92 Å². The number of carbonyl (C=O) groups excluding carboxylic acids is 1.